The molecule has 0 aromatic heterocycles. The molecular formula is C11H19NO2. The number of carbonyl (C=O) groups is 1. The molecule has 0 spiro atoms. The molecule has 0 bridgehead atoms. The Morgan fingerprint density at radius 1 is 1.50 bits per heavy atom. The van der Waals surface area contributed by atoms with Crippen molar-refractivity contribution in [3.8, 4) is 0 Å². The van der Waals surface area contributed by atoms with Gasteiger partial charge in [0.1, 0.15) is 0 Å². The molecule has 3 nitrogen and oxygen atoms in total. The highest BCUT2D eigenvalue weighted by Gasteiger charge is 2.01. The van der Waals surface area contributed by atoms with Crippen LogP contribution in [0.1, 0.15) is 26.2 Å². The Morgan fingerprint density at radius 2 is 2.21 bits per heavy atom. The summed E-state index contributed by atoms with van der Waals surface area (Å²) < 4.78 is 0. The van der Waals surface area contributed by atoms with Crippen LogP contribution in [0.5, 0.6) is 0 Å². The van der Waals surface area contributed by atoms with Crippen molar-refractivity contribution in [2.45, 2.75) is 26.2 Å². The van der Waals surface area contributed by atoms with Gasteiger partial charge < -0.3 is 10.4 Å². The summed E-state index contributed by atoms with van der Waals surface area (Å²) in [4.78, 5) is 11.3. The van der Waals surface area contributed by atoms with Crippen LogP contribution < -0.4 is 5.32 Å². The molecule has 2 N–H and O–H groups in total. The van der Waals surface area contributed by atoms with Crippen LogP contribution in [0, 0.1) is 0 Å². The predicted octanol–water partition coefficient (Wildman–Crippen LogP) is 1.40. The number of amides is 1. The second-order valence-corrected chi connectivity index (χ2v) is 3.02. The van der Waals surface area contributed by atoms with Crippen LogP contribution in [-0.2, 0) is 4.79 Å². The summed E-state index contributed by atoms with van der Waals surface area (Å²) in [5.74, 6) is -0.132. The molecule has 0 aliphatic carbocycles. The number of hydrogen-bond acceptors (Lipinski definition) is 2. The molecule has 1 amide bonds. The van der Waals surface area contributed by atoms with E-state index in [1.54, 1.807) is 6.08 Å². The van der Waals surface area contributed by atoms with E-state index < -0.39 is 0 Å². The first-order valence-corrected chi connectivity index (χ1v) is 4.96. The van der Waals surface area contributed by atoms with Gasteiger partial charge in [0, 0.05) is 18.7 Å². The molecule has 0 atom stereocenters. The number of carbonyl (C=O) groups excluding carboxylic acids is 1. The van der Waals surface area contributed by atoms with Crippen molar-refractivity contribution in [2.75, 3.05) is 13.2 Å². The second-order valence-electron chi connectivity index (χ2n) is 3.02. The number of aliphatic hydroxyl groups excluding tert-OH is 1. The lowest BCUT2D eigenvalue weighted by Gasteiger charge is -2.03. The molecule has 0 radical (unpaired) electrons. The number of hydrogen-bond donors (Lipinski definition) is 2. The number of nitrogens with one attached hydrogen (secondary N) is 1. The Kier molecular flexibility index (Phi) is 7.84. The molecule has 0 aliphatic heterocycles. The minimum Gasteiger partial charge on any atom is -0.396 e. The number of aliphatic hydroxyl groups is 1. The summed E-state index contributed by atoms with van der Waals surface area (Å²) in [5, 5.41) is 11.2. The molecule has 80 valence electrons. The van der Waals surface area contributed by atoms with Crippen LogP contribution in [0.3, 0.4) is 0 Å². The molecule has 0 aromatic rings. The Morgan fingerprint density at radius 3 is 2.79 bits per heavy atom. The van der Waals surface area contributed by atoms with Crippen LogP contribution in [0.15, 0.2) is 24.3 Å². The molecule has 0 rings (SSSR count). The van der Waals surface area contributed by atoms with Gasteiger partial charge in [-0.1, -0.05) is 25.7 Å². The van der Waals surface area contributed by atoms with E-state index in [0.717, 1.165) is 19.3 Å². The van der Waals surface area contributed by atoms with Crippen molar-refractivity contribution in [1.82, 2.24) is 5.32 Å². The van der Waals surface area contributed by atoms with Gasteiger partial charge in [0.25, 0.3) is 5.91 Å². The van der Waals surface area contributed by atoms with Crippen LogP contribution in [0.4, 0.5) is 0 Å². The van der Waals surface area contributed by atoms with E-state index in [9.17, 15) is 4.79 Å². The van der Waals surface area contributed by atoms with E-state index in [1.807, 2.05) is 13.0 Å². The Hall–Kier alpha value is -1.09. The molecule has 0 saturated carbocycles. The number of rotatable bonds is 7. The van der Waals surface area contributed by atoms with Gasteiger partial charge in [0.05, 0.1) is 0 Å². The van der Waals surface area contributed by atoms with Gasteiger partial charge in [-0.05, 0) is 19.3 Å². The highest BCUT2D eigenvalue weighted by Crippen LogP contribution is 1.95. The molecular weight excluding hydrogens is 178 g/mol. The van der Waals surface area contributed by atoms with Gasteiger partial charge in [-0.15, -0.1) is 0 Å². The molecule has 0 unspecified atom stereocenters. The highest BCUT2D eigenvalue weighted by molar-refractivity contribution is 5.95. The van der Waals surface area contributed by atoms with Crippen molar-refractivity contribution in [2.24, 2.45) is 0 Å². The fourth-order valence-corrected chi connectivity index (χ4v) is 0.888. The van der Waals surface area contributed by atoms with Crippen LogP contribution in [-0.4, -0.2) is 24.2 Å². The van der Waals surface area contributed by atoms with Gasteiger partial charge in [-0.25, -0.2) is 0 Å². The van der Waals surface area contributed by atoms with E-state index in [4.69, 9.17) is 5.11 Å². The standard InChI is InChI=1S/C11H19NO2/c1-3-4-7-10(2)11(14)12-8-5-6-9-13/h4,7,13H,2-3,5-6,8-9H2,1H3,(H,12,14). The van der Waals surface area contributed by atoms with Crippen LogP contribution >= 0.6 is 0 Å². The topological polar surface area (TPSA) is 49.3 Å². The summed E-state index contributed by atoms with van der Waals surface area (Å²) in [5.41, 5.74) is 0.482. The first-order chi connectivity index (χ1) is 6.72. The molecule has 14 heavy (non-hydrogen) atoms. The number of allylic oxidation sites excluding steroid dienone is 1. The van der Waals surface area contributed by atoms with Crippen molar-refractivity contribution in [3.63, 3.8) is 0 Å². The average molecular weight is 197 g/mol. The summed E-state index contributed by atoms with van der Waals surface area (Å²) in [6, 6.07) is 0. The molecule has 0 heterocycles. The van der Waals surface area contributed by atoms with Gasteiger partial charge in [-0.3, -0.25) is 4.79 Å². The molecule has 0 aliphatic rings. The molecule has 0 fully saturated rings. The monoisotopic (exact) mass is 197 g/mol. The zero-order valence-electron chi connectivity index (χ0n) is 8.75. The van der Waals surface area contributed by atoms with Gasteiger partial charge in [0.15, 0.2) is 0 Å². The van der Waals surface area contributed by atoms with Crippen molar-refractivity contribution < 1.29 is 9.90 Å². The van der Waals surface area contributed by atoms with E-state index in [-0.39, 0.29) is 12.5 Å². The van der Waals surface area contributed by atoms with E-state index in [2.05, 4.69) is 11.9 Å². The lowest BCUT2D eigenvalue weighted by molar-refractivity contribution is -0.117. The number of unbranched alkanes of at least 4 members (excludes halogenated alkanes) is 1. The molecule has 0 aromatic carbocycles. The zero-order chi connectivity index (χ0) is 10.8. The average Bonchev–Trinajstić information content (AvgIpc) is 2.20. The third-order valence-corrected chi connectivity index (χ3v) is 1.72. The van der Waals surface area contributed by atoms with Gasteiger partial charge in [-0.2, -0.15) is 0 Å². The first kappa shape index (κ1) is 12.9. The van der Waals surface area contributed by atoms with Crippen LogP contribution in [0.25, 0.3) is 0 Å². The smallest absolute Gasteiger partial charge is 0.250 e. The van der Waals surface area contributed by atoms with Crippen molar-refractivity contribution in [1.29, 1.82) is 0 Å². The summed E-state index contributed by atoms with van der Waals surface area (Å²) in [6.45, 7) is 6.41. The van der Waals surface area contributed by atoms with Crippen LogP contribution in [0.2, 0.25) is 0 Å². The Balaban J connectivity index is 3.63. The Bertz CT molecular complexity index is 209. The van der Waals surface area contributed by atoms with Crippen molar-refractivity contribution in [3.05, 3.63) is 24.3 Å². The van der Waals surface area contributed by atoms with Crippen molar-refractivity contribution >= 4 is 5.91 Å². The van der Waals surface area contributed by atoms with Gasteiger partial charge in [0.2, 0.25) is 0 Å². The lowest BCUT2D eigenvalue weighted by atomic mass is 10.2. The SMILES string of the molecule is C=C(C=CCC)C(=O)NCCCCO. The minimum atomic E-state index is -0.132. The maximum absolute atomic E-state index is 11.3. The second kappa shape index (κ2) is 8.51. The first-order valence-electron chi connectivity index (χ1n) is 4.96. The van der Waals surface area contributed by atoms with E-state index >= 15 is 0 Å². The zero-order valence-corrected chi connectivity index (χ0v) is 8.75. The summed E-state index contributed by atoms with van der Waals surface area (Å²) >= 11 is 0. The molecule has 0 saturated heterocycles. The third-order valence-electron chi connectivity index (χ3n) is 1.72. The third kappa shape index (κ3) is 6.43. The lowest BCUT2D eigenvalue weighted by Crippen LogP contribution is -2.25. The fourth-order valence-electron chi connectivity index (χ4n) is 0.888. The van der Waals surface area contributed by atoms with Gasteiger partial charge >= 0.3 is 0 Å². The summed E-state index contributed by atoms with van der Waals surface area (Å²) in [7, 11) is 0. The minimum absolute atomic E-state index is 0.132. The molecule has 3 heteroatoms. The largest absolute Gasteiger partial charge is 0.396 e. The quantitative estimate of drug-likeness (QED) is 0.368. The Labute approximate surface area is 85.5 Å². The van der Waals surface area contributed by atoms with E-state index in [1.165, 1.54) is 0 Å². The highest BCUT2D eigenvalue weighted by atomic mass is 16.2. The normalized spacial score (nSPS) is 10.4. The fraction of sp³-hybridized carbons (Fsp3) is 0.545. The summed E-state index contributed by atoms with van der Waals surface area (Å²) in [6.07, 6.45) is 6.04. The predicted molar refractivity (Wildman–Crippen MR) is 57.9 cm³/mol. The van der Waals surface area contributed by atoms with E-state index in [0.29, 0.717) is 12.1 Å². The maximum Gasteiger partial charge on any atom is 0.250 e. The maximum atomic E-state index is 11.3.